The SMILES string of the molecule is CCn1c(=O)n(CC(=O)N(CC(C)C(=O)O)C2CC2)c2ccccc21. The highest BCUT2D eigenvalue weighted by Crippen LogP contribution is 2.28. The summed E-state index contributed by atoms with van der Waals surface area (Å²) in [4.78, 5) is 38.2. The third kappa shape index (κ3) is 3.31. The molecule has 0 aliphatic heterocycles. The molecule has 7 heteroatoms. The molecule has 1 fully saturated rings. The molecule has 1 atom stereocenters. The summed E-state index contributed by atoms with van der Waals surface area (Å²) in [6.07, 6.45) is 1.79. The number of carboxylic acid groups (broad SMARTS) is 1. The molecule has 1 amide bonds. The Morgan fingerprint density at radius 3 is 2.36 bits per heavy atom. The zero-order chi connectivity index (χ0) is 18.1. The second-order valence-electron chi connectivity index (χ2n) is 6.62. The lowest BCUT2D eigenvalue weighted by atomic mass is 10.1. The van der Waals surface area contributed by atoms with Crippen LogP contribution in [0.25, 0.3) is 11.0 Å². The average molecular weight is 345 g/mol. The van der Waals surface area contributed by atoms with Crippen molar-refractivity contribution < 1.29 is 14.7 Å². The van der Waals surface area contributed by atoms with E-state index in [9.17, 15) is 14.4 Å². The molecule has 1 aliphatic rings. The van der Waals surface area contributed by atoms with Crippen LogP contribution in [0.1, 0.15) is 26.7 Å². The van der Waals surface area contributed by atoms with Crippen molar-refractivity contribution in [2.24, 2.45) is 5.92 Å². The van der Waals surface area contributed by atoms with Gasteiger partial charge in [-0.15, -0.1) is 0 Å². The van der Waals surface area contributed by atoms with Crippen LogP contribution in [0.15, 0.2) is 29.1 Å². The van der Waals surface area contributed by atoms with Crippen LogP contribution in [0, 0.1) is 5.92 Å². The minimum absolute atomic E-state index is 0.0603. The highest BCUT2D eigenvalue weighted by Gasteiger charge is 2.34. The van der Waals surface area contributed by atoms with Gasteiger partial charge in [-0.1, -0.05) is 19.1 Å². The molecule has 1 aromatic heterocycles. The van der Waals surface area contributed by atoms with Crippen LogP contribution < -0.4 is 5.69 Å². The highest BCUT2D eigenvalue weighted by atomic mass is 16.4. The van der Waals surface area contributed by atoms with Gasteiger partial charge in [0.15, 0.2) is 0 Å². The number of amides is 1. The molecule has 1 unspecified atom stereocenters. The number of carboxylic acids is 1. The molecule has 0 bridgehead atoms. The molecule has 0 spiro atoms. The molecule has 1 aromatic carbocycles. The fourth-order valence-corrected chi connectivity index (χ4v) is 3.17. The minimum Gasteiger partial charge on any atom is -0.481 e. The number of benzene rings is 1. The third-order valence-corrected chi connectivity index (χ3v) is 4.73. The number of aromatic nitrogens is 2. The van der Waals surface area contributed by atoms with Gasteiger partial charge in [-0.2, -0.15) is 0 Å². The molecule has 2 aromatic rings. The number of imidazole rings is 1. The number of fused-ring (bicyclic) bond motifs is 1. The first kappa shape index (κ1) is 17.3. The molecular weight excluding hydrogens is 322 g/mol. The van der Waals surface area contributed by atoms with Crippen molar-refractivity contribution in [3.05, 3.63) is 34.7 Å². The number of rotatable bonds is 7. The number of hydrogen-bond acceptors (Lipinski definition) is 3. The van der Waals surface area contributed by atoms with E-state index in [4.69, 9.17) is 5.11 Å². The van der Waals surface area contributed by atoms with Crippen LogP contribution in [0.5, 0.6) is 0 Å². The van der Waals surface area contributed by atoms with Gasteiger partial charge in [0.25, 0.3) is 0 Å². The van der Waals surface area contributed by atoms with Gasteiger partial charge in [-0.25, -0.2) is 4.79 Å². The topological polar surface area (TPSA) is 84.5 Å². The Bertz CT molecular complexity index is 863. The maximum absolute atomic E-state index is 12.8. The predicted octanol–water partition coefficient (Wildman–Crippen LogP) is 1.53. The van der Waals surface area contributed by atoms with Gasteiger partial charge in [0.05, 0.1) is 17.0 Å². The molecule has 0 saturated heterocycles. The Balaban J connectivity index is 1.89. The van der Waals surface area contributed by atoms with Gasteiger partial charge in [0.1, 0.15) is 6.54 Å². The van der Waals surface area contributed by atoms with E-state index in [1.165, 1.54) is 4.57 Å². The molecule has 134 valence electrons. The van der Waals surface area contributed by atoms with E-state index in [0.717, 1.165) is 23.9 Å². The Hall–Kier alpha value is -2.57. The van der Waals surface area contributed by atoms with Gasteiger partial charge < -0.3 is 10.0 Å². The molecule has 1 N–H and O–H groups in total. The van der Waals surface area contributed by atoms with Crippen molar-refractivity contribution in [2.75, 3.05) is 6.54 Å². The molecule has 1 aliphatic carbocycles. The highest BCUT2D eigenvalue weighted by molar-refractivity contribution is 5.82. The number of aryl methyl sites for hydroxylation is 1. The second kappa shape index (κ2) is 6.74. The molecule has 7 nitrogen and oxygen atoms in total. The van der Waals surface area contributed by atoms with Gasteiger partial charge in [-0.05, 0) is 31.9 Å². The number of carbonyl (C=O) groups is 2. The van der Waals surface area contributed by atoms with Gasteiger partial charge in [-0.3, -0.25) is 18.7 Å². The van der Waals surface area contributed by atoms with Crippen LogP contribution in [-0.4, -0.2) is 43.6 Å². The summed E-state index contributed by atoms with van der Waals surface area (Å²) in [7, 11) is 0. The molecule has 1 heterocycles. The quantitative estimate of drug-likeness (QED) is 0.825. The lowest BCUT2D eigenvalue weighted by molar-refractivity contribution is -0.143. The van der Waals surface area contributed by atoms with Crippen LogP contribution in [0.4, 0.5) is 0 Å². The lowest BCUT2D eigenvalue weighted by Crippen LogP contribution is -2.41. The van der Waals surface area contributed by atoms with Crippen molar-refractivity contribution in [1.29, 1.82) is 0 Å². The largest absolute Gasteiger partial charge is 0.481 e. The van der Waals surface area contributed by atoms with Crippen LogP contribution >= 0.6 is 0 Å². The summed E-state index contributed by atoms with van der Waals surface area (Å²) in [5.74, 6) is -1.74. The van der Waals surface area contributed by atoms with Crippen molar-refractivity contribution in [1.82, 2.24) is 14.0 Å². The Morgan fingerprint density at radius 2 is 1.84 bits per heavy atom. The first-order chi connectivity index (χ1) is 11.9. The normalized spacial score (nSPS) is 15.3. The summed E-state index contributed by atoms with van der Waals surface area (Å²) < 4.78 is 3.13. The van der Waals surface area contributed by atoms with E-state index in [-0.39, 0.29) is 30.7 Å². The number of nitrogens with zero attached hydrogens (tertiary/aromatic N) is 3. The maximum Gasteiger partial charge on any atom is 0.329 e. The van der Waals surface area contributed by atoms with E-state index >= 15 is 0 Å². The Labute approximate surface area is 145 Å². The number of para-hydroxylation sites is 2. The summed E-state index contributed by atoms with van der Waals surface area (Å²) in [5.41, 5.74) is 1.32. The zero-order valence-electron chi connectivity index (χ0n) is 14.5. The van der Waals surface area contributed by atoms with E-state index in [2.05, 4.69) is 0 Å². The van der Waals surface area contributed by atoms with Gasteiger partial charge >= 0.3 is 11.7 Å². The fourth-order valence-electron chi connectivity index (χ4n) is 3.17. The summed E-state index contributed by atoms with van der Waals surface area (Å²) in [5, 5.41) is 9.13. The number of aliphatic carboxylic acids is 1. The Kier molecular flexibility index (Phi) is 4.65. The van der Waals surface area contributed by atoms with E-state index in [0.29, 0.717) is 6.54 Å². The van der Waals surface area contributed by atoms with Gasteiger partial charge in [0, 0.05) is 19.1 Å². The van der Waals surface area contributed by atoms with Crippen LogP contribution in [0.3, 0.4) is 0 Å². The molecule has 3 rings (SSSR count). The van der Waals surface area contributed by atoms with Crippen molar-refractivity contribution in [2.45, 2.75) is 45.8 Å². The fraction of sp³-hybridized carbons (Fsp3) is 0.500. The predicted molar refractivity (Wildman–Crippen MR) is 93.4 cm³/mol. The first-order valence-corrected chi connectivity index (χ1v) is 8.64. The lowest BCUT2D eigenvalue weighted by Gasteiger charge is -2.24. The van der Waals surface area contributed by atoms with E-state index in [1.807, 2.05) is 31.2 Å². The Morgan fingerprint density at radius 1 is 1.24 bits per heavy atom. The van der Waals surface area contributed by atoms with E-state index in [1.54, 1.807) is 16.4 Å². The summed E-state index contributed by atoms with van der Waals surface area (Å²) in [6.45, 7) is 4.14. The first-order valence-electron chi connectivity index (χ1n) is 8.64. The van der Waals surface area contributed by atoms with Gasteiger partial charge in [0.2, 0.25) is 5.91 Å². The summed E-state index contributed by atoms with van der Waals surface area (Å²) in [6, 6.07) is 7.51. The molecule has 25 heavy (non-hydrogen) atoms. The van der Waals surface area contributed by atoms with Crippen molar-refractivity contribution >= 4 is 22.9 Å². The van der Waals surface area contributed by atoms with E-state index < -0.39 is 11.9 Å². The standard InChI is InChI=1S/C18H23N3O4/c1-3-19-14-6-4-5-7-15(14)21(18(19)25)11-16(22)20(13-8-9-13)10-12(2)17(23)24/h4-7,12-13H,3,8-11H2,1-2H3,(H,23,24). The van der Waals surface area contributed by atoms with Crippen LogP contribution in [-0.2, 0) is 22.7 Å². The van der Waals surface area contributed by atoms with Crippen molar-refractivity contribution in [3.63, 3.8) is 0 Å². The maximum atomic E-state index is 12.8. The molecule has 1 saturated carbocycles. The van der Waals surface area contributed by atoms with Crippen molar-refractivity contribution in [3.8, 4) is 0 Å². The second-order valence-corrected chi connectivity index (χ2v) is 6.62. The minimum atomic E-state index is -0.918. The van der Waals surface area contributed by atoms with Crippen LogP contribution in [0.2, 0.25) is 0 Å². The summed E-state index contributed by atoms with van der Waals surface area (Å²) >= 11 is 0. The molecule has 0 radical (unpaired) electrons. The zero-order valence-corrected chi connectivity index (χ0v) is 14.5. The molecular formula is C18H23N3O4. The monoisotopic (exact) mass is 345 g/mol. The third-order valence-electron chi connectivity index (χ3n) is 4.73. The number of carbonyl (C=O) groups excluding carboxylic acids is 1. The number of hydrogen-bond donors (Lipinski definition) is 1. The average Bonchev–Trinajstić information content (AvgIpc) is 3.39. The smallest absolute Gasteiger partial charge is 0.329 e.